The molecular weight excluding hydrogens is 245 g/mol. The number of piperidine rings is 1. The summed E-state index contributed by atoms with van der Waals surface area (Å²) in [7, 11) is 0. The zero-order chi connectivity index (χ0) is 7.35. The highest BCUT2D eigenvalue weighted by atomic mass is 127. The monoisotopic (exact) mass is 255 g/mol. The van der Waals surface area contributed by atoms with Crippen molar-refractivity contribution in [2.45, 2.75) is 5.60 Å². The molecule has 0 aromatic carbocycles. The van der Waals surface area contributed by atoms with Gasteiger partial charge < -0.3 is 10.2 Å². The third-order valence-electron chi connectivity index (χ3n) is 2.70. The van der Waals surface area contributed by atoms with Crippen molar-refractivity contribution in [3.05, 3.63) is 0 Å². The van der Waals surface area contributed by atoms with Gasteiger partial charge in [-0.1, -0.05) is 0 Å². The van der Waals surface area contributed by atoms with E-state index in [0.29, 0.717) is 11.8 Å². The van der Waals surface area contributed by atoms with E-state index in [0.717, 1.165) is 13.1 Å². The topological polar surface area (TPSA) is 43.7 Å². The first kappa shape index (κ1) is 7.27. The molecule has 2 aliphatic rings. The molecule has 0 radical (unpaired) electrons. The summed E-state index contributed by atoms with van der Waals surface area (Å²) in [5.74, 6) is 0.684. The number of nitrogens with zero attached hydrogens (tertiary/aromatic N) is 1. The SMILES string of the molecule is OCC1(O)C2CN(I)CC21. The van der Waals surface area contributed by atoms with Gasteiger partial charge in [-0.2, -0.15) is 0 Å². The molecule has 4 heteroatoms. The van der Waals surface area contributed by atoms with Crippen molar-refractivity contribution >= 4 is 22.9 Å². The molecule has 3 nitrogen and oxygen atoms in total. The molecule has 2 fully saturated rings. The average Bonchev–Trinajstić information content (AvgIpc) is 2.28. The summed E-state index contributed by atoms with van der Waals surface area (Å²) in [4.78, 5) is 0. The van der Waals surface area contributed by atoms with Crippen LogP contribution in [0, 0.1) is 11.8 Å². The minimum absolute atomic E-state index is 0.0627. The van der Waals surface area contributed by atoms with Crippen LogP contribution in [-0.2, 0) is 0 Å². The minimum Gasteiger partial charge on any atom is -0.393 e. The van der Waals surface area contributed by atoms with Crippen LogP contribution >= 0.6 is 22.9 Å². The van der Waals surface area contributed by atoms with Crippen molar-refractivity contribution in [3.8, 4) is 0 Å². The van der Waals surface area contributed by atoms with Gasteiger partial charge >= 0.3 is 0 Å². The van der Waals surface area contributed by atoms with Gasteiger partial charge in [0.2, 0.25) is 0 Å². The van der Waals surface area contributed by atoms with E-state index < -0.39 is 5.60 Å². The second-order valence-electron chi connectivity index (χ2n) is 3.19. The Hall–Kier alpha value is 0.610. The van der Waals surface area contributed by atoms with Crippen LogP contribution in [0.5, 0.6) is 0 Å². The number of aliphatic hydroxyl groups is 2. The van der Waals surface area contributed by atoms with Gasteiger partial charge in [0, 0.05) is 47.8 Å². The molecule has 10 heavy (non-hydrogen) atoms. The van der Waals surface area contributed by atoms with Crippen LogP contribution in [0.25, 0.3) is 0 Å². The molecular formula is C6H10INO2. The quantitative estimate of drug-likeness (QED) is 0.496. The van der Waals surface area contributed by atoms with Crippen LogP contribution in [0.1, 0.15) is 0 Å². The Bertz CT molecular complexity index is 152. The Morgan fingerprint density at radius 1 is 1.50 bits per heavy atom. The highest BCUT2D eigenvalue weighted by molar-refractivity contribution is 14.1. The molecule has 0 aromatic heterocycles. The van der Waals surface area contributed by atoms with E-state index in [1.54, 1.807) is 0 Å². The van der Waals surface area contributed by atoms with E-state index in [1.807, 2.05) is 0 Å². The van der Waals surface area contributed by atoms with Gasteiger partial charge in [0.1, 0.15) is 0 Å². The summed E-state index contributed by atoms with van der Waals surface area (Å²) in [6, 6.07) is 0. The van der Waals surface area contributed by atoms with Crippen LogP contribution in [0.4, 0.5) is 0 Å². The Morgan fingerprint density at radius 2 is 2.00 bits per heavy atom. The fraction of sp³-hybridized carbons (Fsp3) is 1.00. The number of hydrogen-bond acceptors (Lipinski definition) is 3. The zero-order valence-electron chi connectivity index (χ0n) is 5.50. The van der Waals surface area contributed by atoms with E-state index in [4.69, 9.17) is 5.11 Å². The molecule has 0 aromatic rings. The van der Waals surface area contributed by atoms with Crippen molar-refractivity contribution in [3.63, 3.8) is 0 Å². The van der Waals surface area contributed by atoms with Crippen LogP contribution in [0.3, 0.4) is 0 Å². The molecule has 58 valence electrons. The number of hydrogen-bond donors (Lipinski definition) is 2. The Balaban J connectivity index is 2.02. The van der Waals surface area contributed by atoms with Crippen LogP contribution in [-0.4, -0.2) is 38.6 Å². The van der Waals surface area contributed by atoms with Crippen molar-refractivity contribution in [2.24, 2.45) is 11.8 Å². The Kier molecular flexibility index (Phi) is 1.50. The summed E-state index contributed by atoms with van der Waals surface area (Å²) in [6.07, 6.45) is 0. The molecule has 0 bridgehead atoms. The van der Waals surface area contributed by atoms with Crippen molar-refractivity contribution in [1.82, 2.24) is 3.11 Å². The van der Waals surface area contributed by atoms with Crippen molar-refractivity contribution in [2.75, 3.05) is 19.7 Å². The van der Waals surface area contributed by atoms with E-state index in [-0.39, 0.29) is 6.61 Å². The van der Waals surface area contributed by atoms with Crippen LogP contribution in [0.2, 0.25) is 0 Å². The van der Waals surface area contributed by atoms with E-state index in [9.17, 15) is 5.11 Å². The van der Waals surface area contributed by atoms with E-state index in [2.05, 4.69) is 26.0 Å². The van der Waals surface area contributed by atoms with Crippen molar-refractivity contribution in [1.29, 1.82) is 0 Å². The van der Waals surface area contributed by atoms with E-state index in [1.165, 1.54) is 0 Å². The maximum Gasteiger partial charge on any atom is 0.0966 e. The molecule has 2 unspecified atom stereocenters. The lowest BCUT2D eigenvalue weighted by atomic mass is 10.2. The molecule has 2 rings (SSSR count). The molecule has 0 spiro atoms. The molecule has 1 saturated carbocycles. The second-order valence-corrected chi connectivity index (χ2v) is 4.55. The van der Waals surface area contributed by atoms with Gasteiger partial charge in [0.25, 0.3) is 0 Å². The number of aliphatic hydroxyl groups excluding tert-OH is 1. The summed E-state index contributed by atoms with van der Waals surface area (Å²) >= 11 is 2.25. The zero-order valence-corrected chi connectivity index (χ0v) is 7.65. The number of fused-ring (bicyclic) bond motifs is 1. The lowest BCUT2D eigenvalue weighted by Crippen LogP contribution is -2.28. The third kappa shape index (κ3) is 0.760. The van der Waals surface area contributed by atoms with Gasteiger partial charge in [0.15, 0.2) is 0 Å². The highest BCUT2D eigenvalue weighted by Crippen LogP contribution is 2.55. The smallest absolute Gasteiger partial charge is 0.0966 e. The predicted molar refractivity (Wildman–Crippen MR) is 44.6 cm³/mol. The fourth-order valence-electron chi connectivity index (χ4n) is 1.89. The first-order chi connectivity index (χ1) is 4.68. The summed E-state index contributed by atoms with van der Waals surface area (Å²) in [5, 5.41) is 18.3. The van der Waals surface area contributed by atoms with E-state index >= 15 is 0 Å². The maximum atomic E-state index is 9.55. The Labute approximate surface area is 73.5 Å². The molecule has 1 heterocycles. The second kappa shape index (κ2) is 2.06. The lowest BCUT2D eigenvalue weighted by Gasteiger charge is -2.15. The normalized spacial score (nSPS) is 53.1. The van der Waals surface area contributed by atoms with Crippen LogP contribution in [0.15, 0.2) is 0 Å². The molecule has 1 aliphatic carbocycles. The molecule has 2 atom stereocenters. The summed E-state index contributed by atoms with van der Waals surface area (Å²) in [6.45, 7) is 1.80. The first-order valence-corrected chi connectivity index (χ1v) is 4.39. The van der Waals surface area contributed by atoms with Gasteiger partial charge in [-0.3, -0.25) is 0 Å². The Morgan fingerprint density at radius 3 is 2.40 bits per heavy atom. The molecule has 1 saturated heterocycles. The average molecular weight is 255 g/mol. The number of rotatable bonds is 1. The minimum atomic E-state index is -0.707. The lowest BCUT2D eigenvalue weighted by molar-refractivity contribution is 0.0389. The highest BCUT2D eigenvalue weighted by Gasteiger charge is 2.67. The van der Waals surface area contributed by atoms with Crippen LogP contribution < -0.4 is 0 Å². The molecule has 0 amide bonds. The molecule has 2 N–H and O–H groups in total. The maximum absolute atomic E-state index is 9.55. The van der Waals surface area contributed by atoms with Gasteiger partial charge in [-0.15, -0.1) is 0 Å². The predicted octanol–water partition coefficient (Wildman–Crippen LogP) is -0.379. The van der Waals surface area contributed by atoms with Gasteiger partial charge in [-0.05, 0) is 0 Å². The first-order valence-electron chi connectivity index (χ1n) is 3.42. The third-order valence-corrected chi connectivity index (χ3v) is 3.49. The molecule has 1 aliphatic heterocycles. The summed E-state index contributed by atoms with van der Waals surface area (Å²) in [5.41, 5.74) is -0.707. The van der Waals surface area contributed by atoms with Gasteiger partial charge in [-0.25, -0.2) is 3.11 Å². The standard InChI is InChI=1S/C6H10INO2/c7-8-1-4-5(2-8)6(4,10)3-9/h4-5,9-10H,1-3H2. The largest absolute Gasteiger partial charge is 0.393 e. The van der Waals surface area contributed by atoms with Crippen molar-refractivity contribution < 1.29 is 10.2 Å². The summed E-state index contributed by atoms with van der Waals surface area (Å²) < 4.78 is 2.16. The fourth-order valence-corrected chi connectivity index (χ4v) is 2.74. The number of halogens is 1. The van der Waals surface area contributed by atoms with Gasteiger partial charge in [0.05, 0.1) is 12.2 Å².